The number of morpholine rings is 1. The van der Waals surface area contributed by atoms with Crippen molar-refractivity contribution in [2.45, 2.75) is 11.8 Å². The van der Waals surface area contributed by atoms with E-state index in [1.165, 1.54) is 15.6 Å². The first-order valence-corrected chi connectivity index (χ1v) is 15.2. The third-order valence-electron chi connectivity index (χ3n) is 5.62. The molecular formula is C25H23BrN4O3S3. The van der Waals surface area contributed by atoms with Gasteiger partial charge in [-0.2, -0.15) is 9.41 Å². The number of benzene rings is 2. The molecule has 1 aliphatic heterocycles. The van der Waals surface area contributed by atoms with Crippen molar-refractivity contribution in [3.05, 3.63) is 85.6 Å². The first kappa shape index (κ1) is 25.2. The average molecular weight is 604 g/mol. The second-order valence-electron chi connectivity index (χ2n) is 8.01. The van der Waals surface area contributed by atoms with Crippen molar-refractivity contribution in [3.8, 4) is 11.3 Å². The molecule has 11 heteroatoms. The van der Waals surface area contributed by atoms with Crippen molar-refractivity contribution in [2.24, 2.45) is 10.1 Å². The number of ether oxygens (including phenoxy) is 1. The number of thiophene rings is 1. The minimum absolute atomic E-state index is 0.254. The Morgan fingerprint density at radius 3 is 2.39 bits per heavy atom. The summed E-state index contributed by atoms with van der Waals surface area (Å²) in [5.41, 5.74) is 3.48. The third kappa shape index (κ3) is 5.46. The number of rotatable bonds is 6. The van der Waals surface area contributed by atoms with Gasteiger partial charge in [0.1, 0.15) is 0 Å². The quantitative estimate of drug-likeness (QED) is 0.271. The Kier molecular flexibility index (Phi) is 7.65. The number of hydrogen-bond donors (Lipinski definition) is 0. The van der Waals surface area contributed by atoms with Crippen LogP contribution in [0, 0.1) is 0 Å². The van der Waals surface area contributed by atoms with Crippen LogP contribution in [0.1, 0.15) is 11.8 Å². The van der Waals surface area contributed by atoms with Crippen molar-refractivity contribution in [3.63, 3.8) is 0 Å². The van der Waals surface area contributed by atoms with Gasteiger partial charge < -0.3 is 4.74 Å². The van der Waals surface area contributed by atoms with Crippen molar-refractivity contribution in [1.82, 2.24) is 8.98 Å². The van der Waals surface area contributed by atoms with E-state index in [9.17, 15) is 8.42 Å². The zero-order chi connectivity index (χ0) is 25.1. The molecule has 4 aromatic rings. The number of hydrogen-bond acceptors (Lipinski definition) is 7. The molecule has 0 amide bonds. The van der Waals surface area contributed by atoms with Gasteiger partial charge in [-0.15, -0.1) is 22.7 Å². The van der Waals surface area contributed by atoms with Crippen molar-refractivity contribution >= 4 is 60.0 Å². The minimum Gasteiger partial charge on any atom is -0.379 e. The summed E-state index contributed by atoms with van der Waals surface area (Å²) >= 11 is 6.61. The molecule has 5 rings (SSSR count). The SMILES string of the molecule is CC(=Nn1c(-c2ccc(Br)cc2)csc1=Nc1ccc(S(=O)(=O)N2CCOCC2)cc1)c1cccs1. The fraction of sp³-hybridized carbons (Fsp3) is 0.200. The first-order chi connectivity index (χ1) is 17.4. The maximum absolute atomic E-state index is 12.9. The van der Waals surface area contributed by atoms with Crippen LogP contribution in [-0.4, -0.2) is 49.4 Å². The summed E-state index contributed by atoms with van der Waals surface area (Å²) in [7, 11) is -3.55. The van der Waals surface area contributed by atoms with Gasteiger partial charge in [-0.25, -0.2) is 18.1 Å². The fourth-order valence-corrected chi connectivity index (χ4v) is 6.91. The van der Waals surface area contributed by atoms with Gasteiger partial charge in [0.2, 0.25) is 14.8 Å². The van der Waals surface area contributed by atoms with E-state index in [0.717, 1.165) is 26.3 Å². The molecule has 0 radical (unpaired) electrons. The predicted molar refractivity (Wildman–Crippen MR) is 149 cm³/mol. The molecule has 0 saturated carbocycles. The molecule has 36 heavy (non-hydrogen) atoms. The molecule has 2 aromatic carbocycles. The smallest absolute Gasteiger partial charge is 0.243 e. The highest BCUT2D eigenvalue weighted by molar-refractivity contribution is 9.10. The van der Waals surface area contributed by atoms with Crippen LogP contribution in [0.3, 0.4) is 0 Å². The van der Waals surface area contributed by atoms with Crippen molar-refractivity contribution < 1.29 is 13.2 Å². The summed E-state index contributed by atoms with van der Waals surface area (Å²) in [6.45, 7) is 3.54. The second-order valence-corrected chi connectivity index (χ2v) is 12.6. The van der Waals surface area contributed by atoms with Crippen LogP contribution in [-0.2, 0) is 14.8 Å². The lowest BCUT2D eigenvalue weighted by molar-refractivity contribution is 0.0730. The highest BCUT2D eigenvalue weighted by Crippen LogP contribution is 2.25. The summed E-state index contributed by atoms with van der Waals surface area (Å²) in [6, 6.07) is 18.8. The number of sulfonamides is 1. The Labute approximate surface area is 226 Å². The standard InChI is InChI=1S/C25H23BrN4O3S3/c1-18(24-3-2-16-34-24)28-30-23(19-4-6-20(26)7-5-19)17-35-25(30)27-21-8-10-22(11-9-21)36(31,32)29-12-14-33-15-13-29/h2-11,16-17H,12-15H2,1H3. The third-order valence-corrected chi connectivity index (χ3v) is 9.86. The van der Waals surface area contributed by atoms with Gasteiger partial charge in [-0.1, -0.05) is 34.1 Å². The molecule has 0 spiro atoms. The van der Waals surface area contributed by atoms with Crippen LogP contribution >= 0.6 is 38.6 Å². The van der Waals surface area contributed by atoms with Crippen LogP contribution < -0.4 is 4.80 Å². The monoisotopic (exact) mass is 602 g/mol. The van der Waals surface area contributed by atoms with Gasteiger partial charge in [-0.3, -0.25) is 0 Å². The molecule has 0 bridgehead atoms. The average Bonchev–Trinajstić information content (AvgIpc) is 3.57. The fourth-order valence-electron chi connectivity index (χ4n) is 3.72. The summed E-state index contributed by atoms with van der Waals surface area (Å²) in [5.74, 6) is 0. The van der Waals surface area contributed by atoms with Crippen LogP contribution in [0.25, 0.3) is 11.3 Å². The summed E-state index contributed by atoms with van der Waals surface area (Å²) in [5, 5.41) is 8.97. The molecule has 186 valence electrons. The van der Waals surface area contributed by atoms with Gasteiger partial charge in [0.25, 0.3) is 0 Å². The van der Waals surface area contributed by atoms with Gasteiger partial charge in [0.15, 0.2) is 0 Å². The van der Waals surface area contributed by atoms with E-state index in [-0.39, 0.29) is 4.90 Å². The summed E-state index contributed by atoms with van der Waals surface area (Å²) < 4.78 is 35.5. The van der Waals surface area contributed by atoms with E-state index >= 15 is 0 Å². The lowest BCUT2D eigenvalue weighted by atomic mass is 10.2. The molecule has 1 fully saturated rings. The van der Waals surface area contributed by atoms with E-state index in [2.05, 4.69) is 15.9 Å². The van der Waals surface area contributed by atoms with Crippen LogP contribution in [0.15, 0.2) is 90.9 Å². The lowest BCUT2D eigenvalue weighted by Gasteiger charge is -2.26. The highest BCUT2D eigenvalue weighted by Gasteiger charge is 2.26. The largest absolute Gasteiger partial charge is 0.379 e. The molecule has 3 heterocycles. The van der Waals surface area contributed by atoms with Crippen molar-refractivity contribution in [2.75, 3.05) is 26.3 Å². The van der Waals surface area contributed by atoms with E-state index < -0.39 is 10.0 Å². The molecule has 7 nitrogen and oxygen atoms in total. The molecular weight excluding hydrogens is 580 g/mol. The Morgan fingerprint density at radius 2 is 1.72 bits per heavy atom. The Bertz CT molecular complexity index is 1530. The van der Waals surface area contributed by atoms with E-state index in [4.69, 9.17) is 14.8 Å². The lowest BCUT2D eigenvalue weighted by Crippen LogP contribution is -2.40. The molecule has 0 unspecified atom stereocenters. The van der Waals surface area contributed by atoms with Gasteiger partial charge in [0, 0.05) is 28.5 Å². The first-order valence-electron chi connectivity index (χ1n) is 11.2. The molecule has 0 atom stereocenters. The Balaban J connectivity index is 1.54. The van der Waals surface area contributed by atoms with Crippen LogP contribution in [0.5, 0.6) is 0 Å². The van der Waals surface area contributed by atoms with E-state index in [1.807, 2.05) is 58.8 Å². The Morgan fingerprint density at radius 1 is 1.00 bits per heavy atom. The number of halogens is 1. The number of aromatic nitrogens is 1. The predicted octanol–water partition coefficient (Wildman–Crippen LogP) is 5.57. The topological polar surface area (TPSA) is 76.3 Å². The van der Waals surface area contributed by atoms with Gasteiger partial charge >= 0.3 is 0 Å². The summed E-state index contributed by atoms with van der Waals surface area (Å²) in [6.07, 6.45) is 0. The molecule has 1 saturated heterocycles. The second kappa shape index (κ2) is 10.9. The molecule has 0 aliphatic carbocycles. The van der Waals surface area contributed by atoms with E-state index in [1.54, 1.807) is 35.6 Å². The number of nitrogens with zero attached hydrogens (tertiary/aromatic N) is 4. The van der Waals surface area contributed by atoms with Crippen LogP contribution in [0.4, 0.5) is 5.69 Å². The highest BCUT2D eigenvalue weighted by atomic mass is 79.9. The van der Waals surface area contributed by atoms with Gasteiger partial charge in [-0.05, 0) is 54.8 Å². The number of thiazole rings is 1. The van der Waals surface area contributed by atoms with Crippen LogP contribution in [0.2, 0.25) is 0 Å². The summed E-state index contributed by atoms with van der Waals surface area (Å²) in [4.78, 5) is 6.84. The maximum atomic E-state index is 12.9. The van der Waals surface area contributed by atoms with E-state index in [0.29, 0.717) is 36.8 Å². The minimum atomic E-state index is -3.55. The zero-order valence-electron chi connectivity index (χ0n) is 19.4. The molecule has 0 N–H and O–H groups in total. The Hall–Kier alpha value is -2.41. The maximum Gasteiger partial charge on any atom is 0.243 e. The van der Waals surface area contributed by atoms with Gasteiger partial charge in [0.05, 0.1) is 40.1 Å². The molecule has 1 aliphatic rings. The molecule has 2 aromatic heterocycles. The van der Waals surface area contributed by atoms with Crippen molar-refractivity contribution in [1.29, 1.82) is 0 Å². The zero-order valence-corrected chi connectivity index (χ0v) is 23.4. The normalized spacial score (nSPS) is 15.9.